The highest BCUT2D eigenvalue weighted by atomic mass is 35.5. The predicted octanol–water partition coefficient (Wildman–Crippen LogP) is 4.77. The molecule has 0 unspecified atom stereocenters. The number of aromatic nitrogens is 4. The number of rotatable bonds is 2. The Hall–Kier alpha value is -2.44. The number of benzene rings is 1. The summed E-state index contributed by atoms with van der Waals surface area (Å²) in [6.45, 7) is 1.88. The zero-order valence-electron chi connectivity index (χ0n) is 15.8. The number of piperidine rings is 1. The van der Waals surface area contributed by atoms with Crippen molar-refractivity contribution in [2.75, 3.05) is 0 Å². The van der Waals surface area contributed by atoms with Gasteiger partial charge in [0, 0.05) is 17.8 Å². The summed E-state index contributed by atoms with van der Waals surface area (Å²) in [4.78, 5) is 24.9. The van der Waals surface area contributed by atoms with Crippen LogP contribution in [0.15, 0.2) is 30.5 Å². The highest BCUT2D eigenvalue weighted by Gasteiger charge is 2.43. The van der Waals surface area contributed by atoms with Crippen LogP contribution in [0.4, 0.5) is 0 Å². The summed E-state index contributed by atoms with van der Waals surface area (Å²) >= 11 is 12.5. The number of halogens is 2. The van der Waals surface area contributed by atoms with Crippen LogP contribution < -0.4 is 0 Å². The van der Waals surface area contributed by atoms with Gasteiger partial charge in [-0.05, 0) is 50.8 Å². The molecule has 0 saturated carbocycles. The Morgan fingerprint density at radius 2 is 2.07 bits per heavy atom. The third-order valence-electron chi connectivity index (χ3n) is 5.82. The standard InChI is InChI=1S/C21H19Cl2N5O/c1-11-25-19(16-8-9-24-27-16)14-10-12-4-2-7-17(20(14)26-11)28(12)21(29)13-5-3-6-15(22)18(13)23/h3,5-6,8-9,12,17H,2,4,7,10H2,1H3,(H,24,27)/t12-,17+/m0/s1. The van der Waals surface area contributed by atoms with Gasteiger partial charge in [-0.15, -0.1) is 0 Å². The van der Waals surface area contributed by atoms with Crippen molar-refractivity contribution in [3.63, 3.8) is 0 Å². The van der Waals surface area contributed by atoms with E-state index in [9.17, 15) is 4.79 Å². The number of H-pyrrole nitrogens is 1. The van der Waals surface area contributed by atoms with Gasteiger partial charge >= 0.3 is 0 Å². The second-order valence-corrected chi connectivity index (χ2v) is 8.36. The highest BCUT2D eigenvalue weighted by Crippen LogP contribution is 2.44. The van der Waals surface area contributed by atoms with Crippen molar-refractivity contribution in [2.45, 2.75) is 44.7 Å². The van der Waals surface area contributed by atoms with Gasteiger partial charge in [0.05, 0.1) is 38.7 Å². The average molecular weight is 428 g/mol. The van der Waals surface area contributed by atoms with Crippen molar-refractivity contribution in [3.8, 4) is 11.4 Å². The summed E-state index contributed by atoms with van der Waals surface area (Å²) in [5.41, 5.74) is 4.25. The van der Waals surface area contributed by atoms with Gasteiger partial charge in [-0.1, -0.05) is 29.3 Å². The van der Waals surface area contributed by atoms with Crippen molar-refractivity contribution in [3.05, 3.63) is 63.2 Å². The Labute approximate surface area is 178 Å². The molecule has 2 aromatic heterocycles. The molecule has 5 rings (SSSR count). The van der Waals surface area contributed by atoms with Gasteiger partial charge in [0.1, 0.15) is 5.82 Å². The van der Waals surface area contributed by atoms with E-state index in [-0.39, 0.29) is 18.0 Å². The summed E-state index contributed by atoms with van der Waals surface area (Å²) in [6, 6.07) is 7.10. The highest BCUT2D eigenvalue weighted by molar-refractivity contribution is 6.43. The number of carbonyl (C=O) groups is 1. The maximum atomic E-state index is 13.5. The molecule has 3 aromatic rings. The first kappa shape index (κ1) is 18.6. The number of amides is 1. The molecule has 2 atom stereocenters. The number of hydrogen-bond donors (Lipinski definition) is 1. The molecule has 8 heteroatoms. The number of fused-ring (bicyclic) bond motifs is 4. The van der Waals surface area contributed by atoms with Crippen LogP contribution in [0.1, 0.15) is 52.7 Å². The fourth-order valence-electron chi connectivity index (χ4n) is 4.60. The first-order valence-corrected chi connectivity index (χ1v) is 10.4. The third kappa shape index (κ3) is 3.02. The molecule has 29 heavy (non-hydrogen) atoms. The Bertz CT molecular complexity index is 1100. The van der Waals surface area contributed by atoms with E-state index in [1.54, 1.807) is 24.4 Å². The lowest BCUT2D eigenvalue weighted by atomic mass is 9.81. The van der Waals surface area contributed by atoms with Gasteiger partial charge in [-0.2, -0.15) is 5.10 Å². The molecular formula is C21H19Cl2N5O. The smallest absolute Gasteiger partial charge is 0.256 e. The van der Waals surface area contributed by atoms with Gasteiger partial charge < -0.3 is 4.90 Å². The van der Waals surface area contributed by atoms with Gasteiger partial charge in [0.2, 0.25) is 0 Å². The number of nitrogens with zero attached hydrogens (tertiary/aromatic N) is 4. The van der Waals surface area contributed by atoms with Crippen molar-refractivity contribution in [1.82, 2.24) is 25.1 Å². The van der Waals surface area contributed by atoms with E-state index in [2.05, 4.69) is 15.2 Å². The number of aryl methyl sites for hydroxylation is 1. The van der Waals surface area contributed by atoms with Crippen molar-refractivity contribution in [2.24, 2.45) is 0 Å². The summed E-state index contributed by atoms with van der Waals surface area (Å²) in [5, 5.41) is 7.78. The number of hydrogen-bond acceptors (Lipinski definition) is 4. The van der Waals surface area contributed by atoms with E-state index >= 15 is 0 Å². The molecule has 2 bridgehead atoms. The van der Waals surface area contributed by atoms with E-state index in [0.717, 1.165) is 41.9 Å². The molecule has 4 heterocycles. The van der Waals surface area contributed by atoms with E-state index in [0.29, 0.717) is 27.9 Å². The van der Waals surface area contributed by atoms with Crippen LogP contribution in [0, 0.1) is 6.92 Å². The maximum absolute atomic E-state index is 13.5. The van der Waals surface area contributed by atoms with Crippen LogP contribution >= 0.6 is 23.2 Å². The Kier molecular flexibility index (Phi) is 4.56. The summed E-state index contributed by atoms with van der Waals surface area (Å²) in [7, 11) is 0. The first-order valence-electron chi connectivity index (χ1n) is 9.68. The van der Waals surface area contributed by atoms with Crippen molar-refractivity contribution >= 4 is 29.1 Å². The molecule has 1 fully saturated rings. The number of carbonyl (C=O) groups excluding carboxylic acids is 1. The molecule has 0 aliphatic carbocycles. The van der Waals surface area contributed by atoms with Crippen LogP contribution in [0.25, 0.3) is 11.4 Å². The molecule has 1 saturated heterocycles. The fourth-order valence-corrected chi connectivity index (χ4v) is 4.99. The average Bonchev–Trinajstić information content (AvgIpc) is 3.24. The number of aromatic amines is 1. The van der Waals surface area contributed by atoms with E-state index in [1.165, 1.54) is 0 Å². The summed E-state index contributed by atoms with van der Waals surface area (Å²) < 4.78 is 0. The molecule has 2 aliphatic heterocycles. The molecule has 1 N–H and O–H groups in total. The lowest BCUT2D eigenvalue weighted by Crippen LogP contribution is -2.50. The topological polar surface area (TPSA) is 74.8 Å². The second-order valence-electron chi connectivity index (χ2n) is 7.57. The number of nitrogens with one attached hydrogen (secondary N) is 1. The quantitative estimate of drug-likeness (QED) is 0.638. The van der Waals surface area contributed by atoms with Gasteiger partial charge in [-0.25, -0.2) is 9.97 Å². The second kappa shape index (κ2) is 7.11. The molecule has 0 radical (unpaired) electrons. The minimum absolute atomic E-state index is 0.0803. The Balaban J connectivity index is 1.62. The Morgan fingerprint density at radius 3 is 2.86 bits per heavy atom. The lowest BCUT2D eigenvalue weighted by Gasteiger charge is -2.46. The minimum atomic E-state index is -0.0941. The summed E-state index contributed by atoms with van der Waals surface area (Å²) in [5.74, 6) is 0.600. The SMILES string of the molecule is Cc1nc(-c2ccn[nH]2)c2c(n1)[C@H]1CCC[C@@H](C2)N1C(=O)c1cccc(Cl)c1Cl. The predicted molar refractivity (Wildman–Crippen MR) is 111 cm³/mol. The van der Waals surface area contributed by atoms with Gasteiger partial charge in [0.15, 0.2) is 0 Å². The van der Waals surface area contributed by atoms with Gasteiger partial charge in [-0.3, -0.25) is 9.89 Å². The fraction of sp³-hybridized carbons (Fsp3) is 0.333. The van der Waals surface area contributed by atoms with Crippen LogP contribution in [-0.2, 0) is 6.42 Å². The lowest BCUT2D eigenvalue weighted by molar-refractivity contribution is 0.0389. The van der Waals surface area contributed by atoms with Crippen molar-refractivity contribution < 1.29 is 4.79 Å². The van der Waals surface area contributed by atoms with Crippen molar-refractivity contribution in [1.29, 1.82) is 0 Å². The largest absolute Gasteiger partial charge is 0.327 e. The van der Waals surface area contributed by atoms with Crippen LogP contribution in [0.2, 0.25) is 10.0 Å². The van der Waals surface area contributed by atoms with Gasteiger partial charge in [0.25, 0.3) is 5.91 Å². The summed E-state index contributed by atoms with van der Waals surface area (Å²) in [6.07, 6.45) is 5.30. The Morgan fingerprint density at radius 1 is 1.21 bits per heavy atom. The molecule has 6 nitrogen and oxygen atoms in total. The molecule has 2 aliphatic rings. The zero-order chi connectivity index (χ0) is 20.1. The van der Waals surface area contributed by atoms with Crippen LogP contribution in [-0.4, -0.2) is 37.0 Å². The van der Waals surface area contributed by atoms with E-state index < -0.39 is 0 Å². The molecule has 1 amide bonds. The first-order chi connectivity index (χ1) is 14.0. The maximum Gasteiger partial charge on any atom is 0.256 e. The zero-order valence-corrected chi connectivity index (χ0v) is 17.3. The molecule has 148 valence electrons. The van der Waals surface area contributed by atoms with Crippen LogP contribution in [0.3, 0.4) is 0 Å². The van der Waals surface area contributed by atoms with E-state index in [4.69, 9.17) is 28.2 Å². The molecule has 1 aromatic carbocycles. The van der Waals surface area contributed by atoms with E-state index in [1.807, 2.05) is 17.9 Å². The monoisotopic (exact) mass is 427 g/mol. The molecular weight excluding hydrogens is 409 g/mol. The van der Waals surface area contributed by atoms with Crippen LogP contribution in [0.5, 0.6) is 0 Å². The third-order valence-corrected chi connectivity index (χ3v) is 6.64. The molecule has 0 spiro atoms. The normalized spacial score (nSPS) is 20.4. The minimum Gasteiger partial charge on any atom is -0.327 e.